The van der Waals surface area contributed by atoms with Gasteiger partial charge in [-0.15, -0.1) is 0 Å². The Balaban J connectivity index is 1.78. The Kier molecular flexibility index (Phi) is 7.14. The van der Waals surface area contributed by atoms with Crippen LogP contribution >= 0.6 is 0 Å². The van der Waals surface area contributed by atoms with Crippen LogP contribution in [0.4, 0.5) is 26.3 Å². The van der Waals surface area contributed by atoms with Crippen LogP contribution in [0.3, 0.4) is 0 Å². The second-order valence-electron chi connectivity index (χ2n) is 7.44. The minimum atomic E-state index is -4.93. The molecule has 1 fully saturated rings. The van der Waals surface area contributed by atoms with Gasteiger partial charge in [0.15, 0.2) is 6.29 Å². The molecule has 0 radical (unpaired) electrons. The first-order chi connectivity index (χ1) is 15.0. The predicted octanol–water partition coefficient (Wildman–Crippen LogP) is 5.51. The summed E-state index contributed by atoms with van der Waals surface area (Å²) in [5.74, 6) is -2.51. The molecule has 0 saturated carbocycles. The standard InChI is InChI=1S/C22H20F6O4/c23-21(24,25)15-10-13(11-16(12-15)22(26,27)28)6-8-31-20-18(14-4-2-1-3-5-14)17(19(29)30)7-9-32-20/h1-5,10-12,17-18,20H,6-9H2,(H,29,30)/t17-,18+,20?/m1/s1. The van der Waals surface area contributed by atoms with Crippen LogP contribution in [0.5, 0.6) is 0 Å². The summed E-state index contributed by atoms with van der Waals surface area (Å²) in [5.41, 5.74) is -2.34. The van der Waals surface area contributed by atoms with E-state index in [-0.39, 0.29) is 37.7 Å². The Morgan fingerprint density at radius 2 is 1.59 bits per heavy atom. The molecule has 4 nitrogen and oxygen atoms in total. The molecule has 1 heterocycles. The quantitative estimate of drug-likeness (QED) is 0.575. The van der Waals surface area contributed by atoms with Gasteiger partial charge in [-0.3, -0.25) is 4.79 Å². The number of hydrogen-bond acceptors (Lipinski definition) is 3. The monoisotopic (exact) mass is 462 g/mol. The third kappa shape index (κ3) is 5.80. The minimum Gasteiger partial charge on any atom is -0.481 e. The fourth-order valence-corrected chi connectivity index (χ4v) is 3.73. The zero-order chi connectivity index (χ0) is 23.5. The highest BCUT2D eigenvalue weighted by molar-refractivity contribution is 5.71. The van der Waals surface area contributed by atoms with Crippen molar-refractivity contribution < 1.29 is 45.7 Å². The highest BCUT2D eigenvalue weighted by atomic mass is 19.4. The van der Waals surface area contributed by atoms with Gasteiger partial charge in [-0.25, -0.2) is 0 Å². The van der Waals surface area contributed by atoms with E-state index in [1.54, 1.807) is 30.3 Å². The number of rotatable bonds is 6. The second-order valence-corrected chi connectivity index (χ2v) is 7.44. The second kappa shape index (κ2) is 9.50. The van der Waals surface area contributed by atoms with Crippen molar-refractivity contribution in [3.05, 3.63) is 70.8 Å². The van der Waals surface area contributed by atoms with Gasteiger partial charge in [-0.1, -0.05) is 30.3 Å². The maximum atomic E-state index is 13.0. The van der Waals surface area contributed by atoms with Gasteiger partial charge in [-0.2, -0.15) is 26.3 Å². The highest BCUT2D eigenvalue weighted by Crippen LogP contribution is 2.38. The van der Waals surface area contributed by atoms with E-state index in [2.05, 4.69) is 0 Å². The lowest BCUT2D eigenvalue weighted by molar-refractivity contribution is -0.195. The molecule has 3 atom stereocenters. The maximum absolute atomic E-state index is 13.0. The lowest BCUT2D eigenvalue weighted by Gasteiger charge is -2.36. The summed E-state index contributed by atoms with van der Waals surface area (Å²) < 4.78 is 89.4. The van der Waals surface area contributed by atoms with E-state index < -0.39 is 47.6 Å². The van der Waals surface area contributed by atoms with Gasteiger partial charge in [0.25, 0.3) is 0 Å². The van der Waals surface area contributed by atoms with Crippen molar-refractivity contribution >= 4 is 5.97 Å². The topological polar surface area (TPSA) is 55.8 Å². The number of carbonyl (C=O) groups is 1. The SMILES string of the molecule is O=C(O)[C@@H]1CCOC(OCCc2cc(C(F)(F)F)cc(C(F)(F)F)c2)[C@H]1c1ccccc1. The highest BCUT2D eigenvalue weighted by Gasteiger charge is 2.40. The van der Waals surface area contributed by atoms with E-state index in [1.165, 1.54) is 0 Å². The minimum absolute atomic E-state index is 0.0670. The number of ether oxygens (including phenoxy) is 2. The van der Waals surface area contributed by atoms with Crippen LogP contribution in [0.15, 0.2) is 48.5 Å². The Hall–Kier alpha value is -2.59. The first kappa shape index (κ1) is 24.1. The third-order valence-corrected chi connectivity index (χ3v) is 5.26. The molecule has 0 aliphatic carbocycles. The molecule has 3 rings (SSSR count). The lowest BCUT2D eigenvalue weighted by Crippen LogP contribution is -2.40. The van der Waals surface area contributed by atoms with Gasteiger partial charge in [0.2, 0.25) is 0 Å². The van der Waals surface area contributed by atoms with Crippen molar-refractivity contribution in [2.75, 3.05) is 13.2 Å². The number of hydrogen-bond donors (Lipinski definition) is 1. The molecule has 2 aromatic carbocycles. The van der Waals surface area contributed by atoms with Crippen LogP contribution < -0.4 is 0 Å². The summed E-state index contributed by atoms with van der Waals surface area (Å²) in [6.45, 7) is -0.147. The molecule has 0 aromatic heterocycles. The predicted molar refractivity (Wildman–Crippen MR) is 101 cm³/mol. The van der Waals surface area contributed by atoms with Crippen molar-refractivity contribution in [1.82, 2.24) is 0 Å². The average molecular weight is 462 g/mol. The fourth-order valence-electron chi connectivity index (χ4n) is 3.73. The maximum Gasteiger partial charge on any atom is 0.416 e. The molecule has 1 aliphatic rings. The van der Waals surface area contributed by atoms with Crippen molar-refractivity contribution in [3.63, 3.8) is 0 Å². The Labute approximate surface area is 179 Å². The van der Waals surface area contributed by atoms with Crippen LogP contribution in [-0.2, 0) is 33.0 Å². The Morgan fingerprint density at radius 1 is 1.00 bits per heavy atom. The van der Waals surface area contributed by atoms with Crippen molar-refractivity contribution in [2.45, 2.75) is 37.4 Å². The smallest absolute Gasteiger partial charge is 0.416 e. The van der Waals surface area contributed by atoms with Crippen LogP contribution in [0.2, 0.25) is 0 Å². The summed E-state index contributed by atoms with van der Waals surface area (Å²) in [7, 11) is 0. The molecular formula is C22H20F6O4. The van der Waals surface area contributed by atoms with Crippen molar-refractivity contribution in [1.29, 1.82) is 0 Å². The van der Waals surface area contributed by atoms with E-state index in [1.807, 2.05) is 0 Å². The zero-order valence-corrected chi connectivity index (χ0v) is 16.6. The van der Waals surface area contributed by atoms with Gasteiger partial charge >= 0.3 is 18.3 Å². The molecule has 1 unspecified atom stereocenters. The molecule has 1 saturated heterocycles. The zero-order valence-electron chi connectivity index (χ0n) is 16.6. The third-order valence-electron chi connectivity index (χ3n) is 5.26. The largest absolute Gasteiger partial charge is 0.481 e. The van der Waals surface area contributed by atoms with Crippen LogP contribution in [-0.4, -0.2) is 30.6 Å². The number of benzene rings is 2. The van der Waals surface area contributed by atoms with Crippen molar-refractivity contribution in [2.24, 2.45) is 5.92 Å². The van der Waals surface area contributed by atoms with Crippen molar-refractivity contribution in [3.8, 4) is 0 Å². The average Bonchev–Trinajstić information content (AvgIpc) is 2.72. The lowest BCUT2D eigenvalue weighted by atomic mass is 9.82. The number of halogens is 6. The summed E-state index contributed by atoms with van der Waals surface area (Å²) in [6, 6.07) is 10.00. The molecule has 10 heteroatoms. The Bertz CT molecular complexity index is 894. The van der Waals surface area contributed by atoms with E-state index >= 15 is 0 Å². The molecule has 174 valence electrons. The fraction of sp³-hybridized carbons (Fsp3) is 0.409. The van der Waals surface area contributed by atoms with Gasteiger partial charge < -0.3 is 14.6 Å². The number of aliphatic carboxylic acids is 1. The number of alkyl halides is 6. The van der Waals surface area contributed by atoms with E-state index in [9.17, 15) is 36.2 Å². The van der Waals surface area contributed by atoms with Gasteiger partial charge in [0.05, 0.1) is 30.3 Å². The molecule has 0 amide bonds. The van der Waals surface area contributed by atoms with E-state index in [4.69, 9.17) is 9.47 Å². The molecule has 1 N–H and O–H groups in total. The molecule has 32 heavy (non-hydrogen) atoms. The molecule has 0 bridgehead atoms. The number of carboxylic acids is 1. The molecule has 2 aromatic rings. The first-order valence-corrected chi connectivity index (χ1v) is 9.76. The van der Waals surface area contributed by atoms with Gasteiger partial charge in [0, 0.05) is 5.92 Å². The summed E-state index contributed by atoms with van der Waals surface area (Å²) in [6.07, 6.45) is -10.9. The number of carboxylic acid groups (broad SMARTS) is 1. The normalized spacial score (nSPS) is 22.0. The van der Waals surface area contributed by atoms with Crippen LogP contribution in [0, 0.1) is 5.92 Å². The molecular weight excluding hydrogens is 442 g/mol. The molecule has 0 spiro atoms. The molecule has 1 aliphatic heterocycles. The summed E-state index contributed by atoms with van der Waals surface area (Å²) >= 11 is 0. The Morgan fingerprint density at radius 3 is 2.12 bits per heavy atom. The first-order valence-electron chi connectivity index (χ1n) is 9.76. The van der Waals surface area contributed by atoms with Gasteiger partial charge in [-0.05, 0) is 42.2 Å². The van der Waals surface area contributed by atoms with Crippen LogP contribution in [0.25, 0.3) is 0 Å². The summed E-state index contributed by atoms with van der Waals surface area (Å²) in [5, 5.41) is 9.58. The van der Waals surface area contributed by atoms with Gasteiger partial charge in [0.1, 0.15) is 0 Å². The van der Waals surface area contributed by atoms with E-state index in [0.717, 1.165) is 0 Å². The van der Waals surface area contributed by atoms with E-state index in [0.29, 0.717) is 17.7 Å². The van der Waals surface area contributed by atoms with Crippen LogP contribution in [0.1, 0.15) is 34.6 Å². The summed E-state index contributed by atoms with van der Waals surface area (Å²) in [4.78, 5) is 11.7.